The maximum atomic E-state index is 12.1. The standard InChI is InChI=1S/C17H20N2O3/c1-5-14-12(4)19-17(20)15(9-18-21)16(14)22-13-7-10(2)6-11(3)8-13/h6-9,21H,5H2,1-4H3,(H,19,20)/b18-9+. The van der Waals surface area contributed by atoms with E-state index in [2.05, 4.69) is 10.1 Å². The van der Waals surface area contributed by atoms with E-state index < -0.39 is 0 Å². The molecule has 2 N–H and O–H groups in total. The van der Waals surface area contributed by atoms with E-state index in [-0.39, 0.29) is 11.1 Å². The van der Waals surface area contributed by atoms with Crippen molar-refractivity contribution in [3.8, 4) is 11.5 Å². The van der Waals surface area contributed by atoms with Gasteiger partial charge in [-0.2, -0.15) is 0 Å². The molecule has 0 radical (unpaired) electrons. The first-order valence-corrected chi connectivity index (χ1v) is 7.15. The van der Waals surface area contributed by atoms with Gasteiger partial charge in [-0.3, -0.25) is 4.79 Å². The first kappa shape index (κ1) is 15.8. The fraction of sp³-hybridized carbons (Fsp3) is 0.294. The second kappa shape index (κ2) is 6.47. The molecule has 0 spiro atoms. The summed E-state index contributed by atoms with van der Waals surface area (Å²) >= 11 is 0. The van der Waals surface area contributed by atoms with Crippen LogP contribution in [0, 0.1) is 20.8 Å². The maximum absolute atomic E-state index is 12.1. The Bertz CT molecular complexity index is 756. The van der Waals surface area contributed by atoms with E-state index >= 15 is 0 Å². The molecule has 0 atom stereocenters. The number of nitrogens with zero attached hydrogens (tertiary/aromatic N) is 1. The molecule has 2 rings (SSSR count). The number of hydrogen-bond acceptors (Lipinski definition) is 4. The minimum absolute atomic E-state index is 0.212. The lowest BCUT2D eigenvalue weighted by atomic mass is 10.1. The van der Waals surface area contributed by atoms with Crippen LogP contribution >= 0.6 is 0 Å². The Morgan fingerprint density at radius 3 is 2.41 bits per heavy atom. The van der Waals surface area contributed by atoms with Crippen LogP contribution in [0.3, 0.4) is 0 Å². The van der Waals surface area contributed by atoms with Crippen LogP contribution in [0.2, 0.25) is 0 Å². The summed E-state index contributed by atoms with van der Waals surface area (Å²) in [7, 11) is 0. The Balaban J connectivity index is 2.64. The van der Waals surface area contributed by atoms with Crippen molar-refractivity contribution in [2.24, 2.45) is 5.16 Å². The molecule has 0 saturated heterocycles. The lowest BCUT2D eigenvalue weighted by Crippen LogP contribution is -2.17. The lowest BCUT2D eigenvalue weighted by molar-refractivity contribution is 0.321. The van der Waals surface area contributed by atoms with Crippen molar-refractivity contribution in [3.05, 3.63) is 56.5 Å². The summed E-state index contributed by atoms with van der Waals surface area (Å²) in [5, 5.41) is 11.8. The average Bonchev–Trinajstić information content (AvgIpc) is 2.42. The Morgan fingerprint density at radius 1 is 1.23 bits per heavy atom. The van der Waals surface area contributed by atoms with Crippen LogP contribution in [0.5, 0.6) is 11.5 Å². The van der Waals surface area contributed by atoms with Crippen molar-refractivity contribution in [1.82, 2.24) is 4.98 Å². The molecule has 0 aliphatic heterocycles. The van der Waals surface area contributed by atoms with E-state index in [0.29, 0.717) is 17.9 Å². The van der Waals surface area contributed by atoms with E-state index in [9.17, 15) is 4.79 Å². The van der Waals surface area contributed by atoms with Gasteiger partial charge in [-0.05, 0) is 50.5 Å². The van der Waals surface area contributed by atoms with Gasteiger partial charge in [-0.15, -0.1) is 0 Å². The smallest absolute Gasteiger partial charge is 0.260 e. The second-order valence-corrected chi connectivity index (χ2v) is 5.32. The number of aryl methyl sites for hydroxylation is 3. The monoisotopic (exact) mass is 300 g/mol. The third-order valence-electron chi connectivity index (χ3n) is 3.47. The van der Waals surface area contributed by atoms with Crippen molar-refractivity contribution in [1.29, 1.82) is 0 Å². The van der Waals surface area contributed by atoms with Crippen LogP contribution in [0.15, 0.2) is 28.1 Å². The minimum Gasteiger partial charge on any atom is -0.456 e. The van der Waals surface area contributed by atoms with Crippen LogP contribution in [0.25, 0.3) is 0 Å². The molecule has 2 aromatic rings. The molecular weight excluding hydrogens is 280 g/mol. The van der Waals surface area contributed by atoms with Crippen molar-refractivity contribution in [3.63, 3.8) is 0 Å². The first-order chi connectivity index (χ1) is 10.5. The quantitative estimate of drug-likeness (QED) is 0.516. The van der Waals surface area contributed by atoms with Crippen LogP contribution in [0.1, 0.15) is 34.9 Å². The van der Waals surface area contributed by atoms with Crippen molar-refractivity contribution in [2.45, 2.75) is 34.1 Å². The van der Waals surface area contributed by atoms with Gasteiger partial charge < -0.3 is 14.9 Å². The van der Waals surface area contributed by atoms with Gasteiger partial charge in [0.05, 0.1) is 6.21 Å². The molecule has 22 heavy (non-hydrogen) atoms. The van der Waals surface area contributed by atoms with E-state index in [1.54, 1.807) is 0 Å². The van der Waals surface area contributed by atoms with Crippen LogP contribution < -0.4 is 10.3 Å². The summed E-state index contributed by atoms with van der Waals surface area (Å²) in [6.07, 6.45) is 1.80. The number of oxime groups is 1. The summed E-state index contributed by atoms with van der Waals surface area (Å²) in [5.74, 6) is 1.09. The number of pyridine rings is 1. The summed E-state index contributed by atoms with van der Waals surface area (Å²) in [5.41, 5.74) is 3.66. The zero-order valence-electron chi connectivity index (χ0n) is 13.2. The molecule has 116 valence electrons. The van der Waals surface area contributed by atoms with Crippen LogP contribution in [0.4, 0.5) is 0 Å². The molecule has 0 amide bonds. The van der Waals surface area contributed by atoms with Gasteiger partial charge >= 0.3 is 0 Å². The van der Waals surface area contributed by atoms with E-state index in [4.69, 9.17) is 9.94 Å². The van der Waals surface area contributed by atoms with Crippen molar-refractivity contribution >= 4 is 6.21 Å². The number of aromatic amines is 1. The van der Waals surface area contributed by atoms with E-state index in [1.807, 2.05) is 45.9 Å². The maximum Gasteiger partial charge on any atom is 0.260 e. The Labute approximate surface area is 129 Å². The average molecular weight is 300 g/mol. The largest absolute Gasteiger partial charge is 0.456 e. The number of rotatable bonds is 4. The number of ether oxygens (including phenoxy) is 1. The summed E-state index contributed by atoms with van der Waals surface area (Å²) in [4.78, 5) is 14.9. The molecule has 0 aliphatic carbocycles. The Kier molecular flexibility index (Phi) is 4.65. The SMILES string of the molecule is CCc1c(C)[nH]c(=O)c(/C=N/O)c1Oc1cc(C)cc(C)c1. The van der Waals surface area contributed by atoms with Gasteiger partial charge in [0.2, 0.25) is 0 Å². The molecule has 1 aromatic heterocycles. The Hall–Kier alpha value is -2.56. The molecule has 5 heteroatoms. The highest BCUT2D eigenvalue weighted by molar-refractivity contribution is 5.83. The number of H-pyrrole nitrogens is 1. The molecule has 0 bridgehead atoms. The van der Waals surface area contributed by atoms with E-state index in [0.717, 1.165) is 28.6 Å². The fourth-order valence-corrected chi connectivity index (χ4v) is 2.58. The van der Waals surface area contributed by atoms with Gasteiger partial charge in [0.1, 0.15) is 17.1 Å². The molecule has 5 nitrogen and oxygen atoms in total. The van der Waals surface area contributed by atoms with Crippen LogP contribution in [-0.4, -0.2) is 16.4 Å². The minimum atomic E-state index is -0.341. The summed E-state index contributed by atoms with van der Waals surface area (Å²) in [6.45, 7) is 7.78. The fourth-order valence-electron chi connectivity index (χ4n) is 2.58. The molecule has 0 fully saturated rings. The normalized spacial score (nSPS) is 11.1. The summed E-state index contributed by atoms with van der Waals surface area (Å²) in [6, 6.07) is 5.86. The van der Waals surface area contributed by atoms with Gasteiger partial charge in [-0.1, -0.05) is 18.1 Å². The number of nitrogens with one attached hydrogen (secondary N) is 1. The highest BCUT2D eigenvalue weighted by Crippen LogP contribution is 2.30. The lowest BCUT2D eigenvalue weighted by Gasteiger charge is -2.15. The van der Waals surface area contributed by atoms with Gasteiger partial charge in [-0.25, -0.2) is 0 Å². The molecule has 0 unspecified atom stereocenters. The predicted molar refractivity (Wildman–Crippen MR) is 86.5 cm³/mol. The summed E-state index contributed by atoms with van der Waals surface area (Å²) < 4.78 is 5.99. The first-order valence-electron chi connectivity index (χ1n) is 7.15. The zero-order chi connectivity index (χ0) is 16.3. The molecule has 0 aliphatic rings. The highest BCUT2D eigenvalue weighted by Gasteiger charge is 2.16. The molecule has 1 heterocycles. The Morgan fingerprint density at radius 2 is 1.86 bits per heavy atom. The third kappa shape index (κ3) is 3.19. The van der Waals surface area contributed by atoms with Crippen LogP contribution in [-0.2, 0) is 6.42 Å². The number of aromatic nitrogens is 1. The predicted octanol–water partition coefficient (Wildman–Crippen LogP) is 3.46. The molecule has 0 saturated carbocycles. The topological polar surface area (TPSA) is 74.7 Å². The van der Waals surface area contributed by atoms with E-state index in [1.165, 1.54) is 0 Å². The van der Waals surface area contributed by atoms with Gasteiger partial charge in [0.15, 0.2) is 0 Å². The highest BCUT2D eigenvalue weighted by atomic mass is 16.5. The van der Waals surface area contributed by atoms with Crippen molar-refractivity contribution < 1.29 is 9.94 Å². The second-order valence-electron chi connectivity index (χ2n) is 5.32. The third-order valence-corrected chi connectivity index (χ3v) is 3.47. The molecule has 1 aromatic carbocycles. The van der Waals surface area contributed by atoms with Gasteiger partial charge in [0.25, 0.3) is 5.56 Å². The van der Waals surface area contributed by atoms with Gasteiger partial charge in [0, 0.05) is 11.3 Å². The number of benzene rings is 1. The molecular formula is C17H20N2O3. The number of hydrogen-bond donors (Lipinski definition) is 2. The zero-order valence-corrected chi connectivity index (χ0v) is 13.2. The van der Waals surface area contributed by atoms with Crippen molar-refractivity contribution in [2.75, 3.05) is 0 Å².